The van der Waals surface area contributed by atoms with Crippen molar-refractivity contribution in [3.63, 3.8) is 0 Å². The summed E-state index contributed by atoms with van der Waals surface area (Å²) in [6, 6.07) is 4.25. The molecule has 1 saturated heterocycles. The van der Waals surface area contributed by atoms with Crippen LogP contribution in [0.15, 0.2) is 18.2 Å². The molecule has 144 valence electrons. The number of nitro groups is 1. The Hall–Kier alpha value is -2.72. The number of aromatic nitrogens is 2. The number of nitrogens with zero attached hydrogens (tertiary/aromatic N) is 4. The first-order valence-corrected chi connectivity index (χ1v) is 8.50. The first kappa shape index (κ1) is 19.1. The number of aromatic amines is 1. The van der Waals surface area contributed by atoms with Crippen molar-refractivity contribution in [3.05, 3.63) is 50.4 Å². The number of methoxy groups -OCH3 is 1. The summed E-state index contributed by atoms with van der Waals surface area (Å²) in [5.74, 6) is -1.12. The number of benzene rings is 1. The zero-order valence-corrected chi connectivity index (χ0v) is 15.2. The Kier molecular flexibility index (Phi) is 5.57. The third-order valence-corrected chi connectivity index (χ3v) is 4.72. The summed E-state index contributed by atoms with van der Waals surface area (Å²) < 4.78 is 18.0. The molecule has 2 heterocycles. The highest BCUT2D eigenvalue weighted by Crippen LogP contribution is 2.29. The molecule has 1 aliphatic heterocycles. The Morgan fingerprint density at radius 1 is 1.41 bits per heavy atom. The van der Waals surface area contributed by atoms with Crippen molar-refractivity contribution in [3.8, 4) is 5.88 Å². The summed E-state index contributed by atoms with van der Waals surface area (Å²) in [4.78, 5) is 26.7. The van der Waals surface area contributed by atoms with Crippen LogP contribution in [0.1, 0.15) is 16.1 Å². The van der Waals surface area contributed by atoms with Gasteiger partial charge in [-0.3, -0.25) is 24.9 Å². The van der Waals surface area contributed by atoms with Crippen LogP contribution in [0.3, 0.4) is 0 Å². The van der Waals surface area contributed by atoms with Crippen LogP contribution >= 0.6 is 11.6 Å². The SMILES string of the molecule is COc1n[nH]c(C(=O)N2CCN(Cc3ccc(F)cc3Cl)CC2)c1[N+](=O)[O-]. The van der Waals surface area contributed by atoms with Crippen molar-refractivity contribution in [2.24, 2.45) is 0 Å². The number of halogens is 2. The summed E-state index contributed by atoms with van der Waals surface area (Å²) in [5, 5.41) is 17.6. The van der Waals surface area contributed by atoms with Gasteiger partial charge in [0.25, 0.3) is 5.91 Å². The van der Waals surface area contributed by atoms with Gasteiger partial charge in [0.15, 0.2) is 0 Å². The lowest BCUT2D eigenvalue weighted by molar-refractivity contribution is -0.386. The van der Waals surface area contributed by atoms with Gasteiger partial charge in [-0.1, -0.05) is 17.7 Å². The molecule has 0 spiro atoms. The molecule has 1 aliphatic rings. The van der Waals surface area contributed by atoms with Gasteiger partial charge in [-0.25, -0.2) is 4.39 Å². The van der Waals surface area contributed by atoms with Crippen LogP contribution in [-0.2, 0) is 6.54 Å². The van der Waals surface area contributed by atoms with Crippen LogP contribution in [-0.4, -0.2) is 64.1 Å². The molecule has 0 aliphatic carbocycles. The van der Waals surface area contributed by atoms with Gasteiger partial charge in [-0.15, -0.1) is 5.10 Å². The number of ether oxygens (including phenoxy) is 1. The monoisotopic (exact) mass is 397 g/mol. The Bertz CT molecular complexity index is 866. The maximum Gasteiger partial charge on any atom is 0.362 e. The fourth-order valence-electron chi connectivity index (χ4n) is 2.94. The third kappa shape index (κ3) is 4.01. The molecule has 1 fully saturated rings. The first-order chi connectivity index (χ1) is 12.9. The van der Waals surface area contributed by atoms with Crippen LogP contribution in [0.25, 0.3) is 0 Å². The lowest BCUT2D eigenvalue weighted by Crippen LogP contribution is -2.48. The van der Waals surface area contributed by atoms with E-state index in [0.29, 0.717) is 37.7 Å². The molecule has 1 N–H and O–H groups in total. The van der Waals surface area contributed by atoms with Crippen molar-refractivity contribution in [1.29, 1.82) is 0 Å². The summed E-state index contributed by atoms with van der Waals surface area (Å²) in [5.41, 5.74) is 0.127. The molecule has 1 aromatic carbocycles. The molecule has 9 nitrogen and oxygen atoms in total. The van der Waals surface area contributed by atoms with Crippen molar-refractivity contribution in [1.82, 2.24) is 20.0 Å². The molecule has 2 aromatic rings. The zero-order chi connectivity index (χ0) is 19.6. The van der Waals surface area contributed by atoms with Crippen LogP contribution in [0, 0.1) is 15.9 Å². The molecule has 11 heteroatoms. The average molecular weight is 398 g/mol. The third-order valence-electron chi connectivity index (χ3n) is 4.37. The second-order valence-electron chi connectivity index (χ2n) is 6.02. The minimum Gasteiger partial charge on any atom is -0.475 e. The predicted molar refractivity (Wildman–Crippen MR) is 94.4 cm³/mol. The number of carbonyl (C=O) groups excluding carboxylic acids is 1. The average Bonchev–Trinajstić information content (AvgIpc) is 3.08. The van der Waals surface area contributed by atoms with Crippen LogP contribution in [0.4, 0.5) is 10.1 Å². The quantitative estimate of drug-likeness (QED) is 0.611. The largest absolute Gasteiger partial charge is 0.475 e. The highest BCUT2D eigenvalue weighted by molar-refractivity contribution is 6.31. The van der Waals surface area contributed by atoms with Crippen molar-refractivity contribution in [2.75, 3.05) is 33.3 Å². The van der Waals surface area contributed by atoms with Crippen molar-refractivity contribution < 1.29 is 18.8 Å². The van der Waals surface area contributed by atoms with E-state index in [1.54, 1.807) is 6.07 Å². The van der Waals surface area contributed by atoms with E-state index in [9.17, 15) is 19.3 Å². The van der Waals surface area contributed by atoms with Gasteiger partial charge in [0.05, 0.1) is 12.0 Å². The molecule has 0 saturated carbocycles. The Morgan fingerprint density at radius 3 is 2.70 bits per heavy atom. The smallest absolute Gasteiger partial charge is 0.362 e. The fraction of sp³-hybridized carbons (Fsp3) is 0.375. The number of carbonyl (C=O) groups is 1. The van der Waals surface area contributed by atoms with E-state index in [2.05, 4.69) is 15.1 Å². The van der Waals surface area contributed by atoms with Gasteiger partial charge in [0.1, 0.15) is 5.82 Å². The fourth-order valence-corrected chi connectivity index (χ4v) is 3.17. The number of H-pyrrole nitrogens is 1. The molecule has 3 rings (SSSR count). The summed E-state index contributed by atoms with van der Waals surface area (Å²) in [6.07, 6.45) is 0. The van der Waals surface area contributed by atoms with Gasteiger partial charge in [0, 0.05) is 37.7 Å². The second kappa shape index (κ2) is 7.89. The number of piperazine rings is 1. The molecular weight excluding hydrogens is 381 g/mol. The van der Waals surface area contributed by atoms with Gasteiger partial charge in [0.2, 0.25) is 5.69 Å². The normalized spacial score (nSPS) is 15.0. The van der Waals surface area contributed by atoms with Gasteiger partial charge < -0.3 is 9.64 Å². The van der Waals surface area contributed by atoms with E-state index in [4.69, 9.17) is 16.3 Å². The summed E-state index contributed by atoms with van der Waals surface area (Å²) in [6.45, 7) is 2.41. The van der Waals surface area contributed by atoms with Crippen molar-refractivity contribution >= 4 is 23.2 Å². The predicted octanol–water partition coefficient (Wildman–Crippen LogP) is 2.08. The lowest BCUT2D eigenvalue weighted by atomic mass is 10.2. The molecule has 27 heavy (non-hydrogen) atoms. The minimum atomic E-state index is -0.692. The van der Waals surface area contributed by atoms with Crippen LogP contribution in [0.5, 0.6) is 5.88 Å². The molecule has 0 bridgehead atoms. The molecular formula is C16H17ClFN5O4. The Labute approximate surface area is 158 Å². The molecule has 1 aromatic heterocycles. The summed E-state index contributed by atoms with van der Waals surface area (Å²) in [7, 11) is 1.25. The molecule has 1 amide bonds. The van der Waals surface area contributed by atoms with E-state index in [0.717, 1.165) is 5.56 Å². The number of rotatable bonds is 5. The van der Waals surface area contributed by atoms with E-state index in [1.165, 1.54) is 24.1 Å². The molecule has 0 radical (unpaired) electrons. The number of amides is 1. The zero-order valence-electron chi connectivity index (χ0n) is 14.4. The highest BCUT2D eigenvalue weighted by atomic mass is 35.5. The Morgan fingerprint density at radius 2 is 2.11 bits per heavy atom. The van der Waals surface area contributed by atoms with Gasteiger partial charge >= 0.3 is 11.6 Å². The summed E-state index contributed by atoms with van der Waals surface area (Å²) >= 11 is 6.05. The number of hydrogen-bond acceptors (Lipinski definition) is 6. The maximum atomic E-state index is 13.1. The van der Waals surface area contributed by atoms with Crippen molar-refractivity contribution in [2.45, 2.75) is 6.54 Å². The molecule has 0 unspecified atom stereocenters. The second-order valence-corrected chi connectivity index (χ2v) is 6.42. The highest BCUT2D eigenvalue weighted by Gasteiger charge is 2.33. The van der Waals surface area contributed by atoms with E-state index >= 15 is 0 Å². The van der Waals surface area contributed by atoms with Gasteiger partial charge in [-0.05, 0) is 17.7 Å². The minimum absolute atomic E-state index is 0.202. The first-order valence-electron chi connectivity index (χ1n) is 8.13. The standard InChI is InChI=1S/C16H17ClFN5O4/c1-27-15-14(23(25)26)13(19-20-15)16(24)22-6-4-21(5-7-22)9-10-2-3-11(18)8-12(10)17/h2-3,8H,4-7,9H2,1H3,(H,19,20). The maximum absolute atomic E-state index is 13.1. The van der Waals surface area contributed by atoms with Crippen LogP contribution in [0.2, 0.25) is 5.02 Å². The molecule has 0 atom stereocenters. The lowest BCUT2D eigenvalue weighted by Gasteiger charge is -2.34. The number of nitrogens with one attached hydrogen (secondary N) is 1. The topological polar surface area (TPSA) is 105 Å². The van der Waals surface area contributed by atoms with E-state index in [1.807, 2.05) is 0 Å². The van der Waals surface area contributed by atoms with Crippen LogP contribution < -0.4 is 4.74 Å². The van der Waals surface area contributed by atoms with E-state index in [-0.39, 0.29) is 11.6 Å². The Balaban J connectivity index is 1.65. The van der Waals surface area contributed by atoms with Gasteiger partial charge in [-0.2, -0.15) is 0 Å². The van der Waals surface area contributed by atoms with E-state index < -0.39 is 22.3 Å². The number of hydrogen-bond donors (Lipinski definition) is 1.